The van der Waals surface area contributed by atoms with Gasteiger partial charge in [-0.3, -0.25) is 20.1 Å². The van der Waals surface area contributed by atoms with E-state index >= 15 is 0 Å². The first-order valence-electron chi connectivity index (χ1n) is 12.7. The summed E-state index contributed by atoms with van der Waals surface area (Å²) in [6.45, 7) is 1.88. The minimum atomic E-state index is 0.666. The van der Waals surface area contributed by atoms with E-state index in [1.54, 1.807) is 18.7 Å². The summed E-state index contributed by atoms with van der Waals surface area (Å²) in [5, 5.41) is 12.2. The van der Waals surface area contributed by atoms with Crippen LogP contribution < -0.4 is 5.32 Å². The van der Waals surface area contributed by atoms with E-state index in [9.17, 15) is 0 Å². The van der Waals surface area contributed by atoms with Crippen molar-refractivity contribution in [1.82, 2.24) is 40.4 Å². The molecular formula is C28H26N8O. The molecule has 6 heterocycles. The third kappa shape index (κ3) is 4.17. The Hall–Kier alpha value is -4.37. The van der Waals surface area contributed by atoms with E-state index in [0.717, 1.165) is 74.7 Å². The Morgan fingerprint density at radius 3 is 2.81 bits per heavy atom. The van der Waals surface area contributed by atoms with Crippen LogP contribution in [-0.4, -0.2) is 41.7 Å². The normalized spacial score (nSPS) is 14.3. The molecule has 0 amide bonds. The largest absolute Gasteiger partial charge is 0.472 e. The van der Waals surface area contributed by atoms with E-state index in [0.29, 0.717) is 5.82 Å². The molecule has 9 heteroatoms. The van der Waals surface area contributed by atoms with Crippen LogP contribution in [0, 0.1) is 5.92 Å². The molecule has 0 aliphatic heterocycles. The number of hydrogen-bond acceptors (Lipinski definition) is 7. The zero-order chi connectivity index (χ0) is 24.6. The van der Waals surface area contributed by atoms with E-state index in [1.165, 1.54) is 25.7 Å². The first kappa shape index (κ1) is 21.9. The van der Waals surface area contributed by atoms with Gasteiger partial charge in [0.05, 0.1) is 35.5 Å². The first-order valence-corrected chi connectivity index (χ1v) is 12.7. The average Bonchev–Trinajstić information content (AvgIpc) is 3.74. The van der Waals surface area contributed by atoms with Crippen molar-refractivity contribution < 1.29 is 4.42 Å². The number of H-pyrrole nitrogens is 2. The van der Waals surface area contributed by atoms with E-state index < -0.39 is 0 Å². The molecule has 6 aromatic heterocycles. The Labute approximate surface area is 212 Å². The molecule has 0 atom stereocenters. The van der Waals surface area contributed by atoms with Crippen LogP contribution in [0.25, 0.3) is 56.0 Å². The summed E-state index contributed by atoms with van der Waals surface area (Å²) in [6, 6.07) is 8.00. The number of furan rings is 1. The second kappa shape index (κ2) is 9.25. The van der Waals surface area contributed by atoms with Crippen molar-refractivity contribution in [2.75, 3.05) is 6.54 Å². The van der Waals surface area contributed by atoms with Crippen LogP contribution in [-0.2, 0) is 6.54 Å². The Morgan fingerprint density at radius 1 is 0.973 bits per heavy atom. The summed E-state index contributed by atoms with van der Waals surface area (Å²) in [4.78, 5) is 21.9. The highest BCUT2D eigenvalue weighted by Crippen LogP contribution is 2.31. The van der Waals surface area contributed by atoms with Crippen LogP contribution in [0.4, 0.5) is 0 Å². The maximum absolute atomic E-state index is 5.25. The van der Waals surface area contributed by atoms with Crippen LogP contribution >= 0.6 is 0 Å². The van der Waals surface area contributed by atoms with Crippen molar-refractivity contribution in [3.63, 3.8) is 0 Å². The van der Waals surface area contributed by atoms with Crippen LogP contribution in [0.5, 0.6) is 0 Å². The number of fused-ring (bicyclic) bond motifs is 2. The van der Waals surface area contributed by atoms with Gasteiger partial charge in [-0.2, -0.15) is 5.10 Å². The average molecular weight is 491 g/mol. The summed E-state index contributed by atoms with van der Waals surface area (Å²) >= 11 is 0. The van der Waals surface area contributed by atoms with Crippen LogP contribution in [0.15, 0.2) is 66.0 Å². The Bertz CT molecular complexity index is 1680. The maximum Gasteiger partial charge on any atom is 0.159 e. The van der Waals surface area contributed by atoms with E-state index in [-0.39, 0.29) is 0 Å². The minimum absolute atomic E-state index is 0.666. The van der Waals surface area contributed by atoms with Gasteiger partial charge in [0, 0.05) is 41.6 Å². The fourth-order valence-corrected chi connectivity index (χ4v) is 5.27. The van der Waals surface area contributed by atoms with Gasteiger partial charge in [0.15, 0.2) is 5.82 Å². The van der Waals surface area contributed by atoms with Gasteiger partial charge in [-0.25, -0.2) is 4.98 Å². The zero-order valence-electron chi connectivity index (χ0n) is 20.2. The molecule has 0 radical (unpaired) electrons. The van der Waals surface area contributed by atoms with Gasteiger partial charge in [-0.15, -0.1) is 0 Å². The summed E-state index contributed by atoms with van der Waals surface area (Å²) in [6.07, 6.45) is 16.1. The van der Waals surface area contributed by atoms with Crippen molar-refractivity contribution in [2.45, 2.75) is 32.2 Å². The van der Waals surface area contributed by atoms with Gasteiger partial charge in [0.25, 0.3) is 0 Å². The standard InChI is InChI=1S/C28H26N8O/c1-2-4-17(3-1)11-29-12-18-9-20(14-30-13-18)23-10-21-24(15-32-23)35-36-26(21)28-33-22-5-7-31-25(27(22)34-28)19-6-8-37-16-19/h5-10,13-17,29H,1-4,11-12H2,(H,33,34)(H,35,36). The van der Waals surface area contributed by atoms with Crippen molar-refractivity contribution in [2.24, 2.45) is 5.92 Å². The molecule has 0 bridgehead atoms. The number of nitrogens with zero attached hydrogens (tertiary/aromatic N) is 5. The fraction of sp³-hybridized carbons (Fsp3) is 0.250. The van der Waals surface area contributed by atoms with Crippen LogP contribution in [0.1, 0.15) is 31.2 Å². The van der Waals surface area contributed by atoms with Crippen molar-refractivity contribution >= 4 is 21.9 Å². The number of imidazole rings is 1. The monoisotopic (exact) mass is 490 g/mol. The number of nitrogens with one attached hydrogen (secondary N) is 3. The lowest BCUT2D eigenvalue weighted by molar-refractivity contribution is 0.489. The predicted molar refractivity (Wildman–Crippen MR) is 141 cm³/mol. The van der Waals surface area contributed by atoms with Crippen molar-refractivity contribution in [3.05, 3.63) is 67.1 Å². The molecule has 1 aliphatic rings. The SMILES string of the molecule is c1cc2[nH]c(-c3n[nH]c4cnc(-c5cncc(CNCC6CCCC6)c5)cc34)nc2c(-c2ccoc2)n1. The van der Waals surface area contributed by atoms with Gasteiger partial charge in [0.1, 0.15) is 16.9 Å². The molecule has 1 saturated carbocycles. The molecule has 6 aromatic rings. The molecule has 1 aliphatic carbocycles. The molecule has 0 aromatic carbocycles. The summed E-state index contributed by atoms with van der Waals surface area (Å²) in [7, 11) is 0. The molecule has 184 valence electrons. The topological polar surface area (TPSA) is 121 Å². The number of aromatic amines is 2. The molecular weight excluding hydrogens is 464 g/mol. The number of hydrogen-bond donors (Lipinski definition) is 3. The van der Waals surface area contributed by atoms with Gasteiger partial charge in [0.2, 0.25) is 0 Å². The molecule has 9 nitrogen and oxygen atoms in total. The summed E-state index contributed by atoms with van der Waals surface area (Å²) < 4.78 is 5.25. The molecule has 0 saturated heterocycles. The highest BCUT2D eigenvalue weighted by Gasteiger charge is 2.18. The number of pyridine rings is 3. The van der Waals surface area contributed by atoms with Crippen LogP contribution in [0.3, 0.4) is 0 Å². The molecule has 0 spiro atoms. The lowest BCUT2D eigenvalue weighted by atomic mass is 10.1. The summed E-state index contributed by atoms with van der Waals surface area (Å²) in [5.74, 6) is 1.48. The molecule has 0 unspecified atom stereocenters. The number of rotatable bonds is 7. The zero-order valence-corrected chi connectivity index (χ0v) is 20.2. The lowest BCUT2D eigenvalue weighted by Gasteiger charge is -2.11. The van der Waals surface area contributed by atoms with Gasteiger partial charge >= 0.3 is 0 Å². The minimum Gasteiger partial charge on any atom is -0.472 e. The molecule has 3 N–H and O–H groups in total. The highest BCUT2D eigenvalue weighted by atomic mass is 16.3. The van der Waals surface area contributed by atoms with E-state index in [2.05, 4.69) is 41.5 Å². The Balaban J connectivity index is 1.20. The molecule has 1 fully saturated rings. The smallest absolute Gasteiger partial charge is 0.159 e. The van der Waals surface area contributed by atoms with Crippen molar-refractivity contribution in [3.8, 4) is 34.0 Å². The van der Waals surface area contributed by atoms with E-state index in [4.69, 9.17) is 9.40 Å². The third-order valence-corrected chi connectivity index (χ3v) is 7.19. The second-order valence-corrected chi connectivity index (χ2v) is 9.70. The van der Waals surface area contributed by atoms with E-state index in [1.807, 2.05) is 36.8 Å². The quantitative estimate of drug-likeness (QED) is 0.270. The lowest BCUT2D eigenvalue weighted by Crippen LogP contribution is -2.20. The maximum atomic E-state index is 5.25. The van der Waals surface area contributed by atoms with Gasteiger partial charge in [-0.05, 0) is 55.1 Å². The van der Waals surface area contributed by atoms with Gasteiger partial charge in [-0.1, -0.05) is 12.8 Å². The number of aromatic nitrogens is 7. The Kier molecular flexibility index (Phi) is 5.47. The van der Waals surface area contributed by atoms with Gasteiger partial charge < -0.3 is 14.7 Å². The predicted octanol–water partition coefficient (Wildman–Crippen LogP) is 5.50. The molecule has 37 heavy (non-hydrogen) atoms. The summed E-state index contributed by atoms with van der Waals surface area (Å²) in [5.41, 5.74) is 7.85. The van der Waals surface area contributed by atoms with Crippen molar-refractivity contribution in [1.29, 1.82) is 0 Å². The first-order chi connectivity index (χ1) is 18.3. The van der Waals surface area contributed by atoms with Crippen LogP contribution in [0.2, 0.25) is 0 Å². The Morgan fingerprint density at radius 2 is 1.92 bits per heavy atom. The fourth-order valence-electron chi connectivity index (χ4n) is 5.27. The third-order valence-electron chi connectivity index (χ3n) is 7.19. The second-order valence-electron chi connectivity index (χ2n) is 9.70. The molecule has 7 rings (SSSR count). The highest BCUT2D eigenvalue weighted by molar-refractivity contribution is 5.96.